The monoisotopic (exact) mass is 310 g/mol. The van der Waals surface area contributed by atoms with Gasteiger partial charge in [-0.25, -0.2) is 4.79 Å². The van der Waals surface area contributed by atoms with E-state index in [1.54, 1.807) is 19.1 Å². The predicted molar refractivity (Wildman–Crippen MR) is 86.6 cm³/mol. The van der Waals surface area contributed by atoms with Gasteiger partial charge in [-0.05, 0) is 44.2 Å². The summed E-state index contributed by atoms with van der Waals surface area (Å²) in [5.41, 5.74) is 3.50. The van der Waals surface area contributed by atoms with E-state index in [2.05, 4.69) is 11.0 Å². The van der Waals surface area contributed by atoms with E-state index in [1.807, 2.05) is 13.1 Å². The van der Waals surface area contributed by atoms with Gasteiger partial charge >= 0.3 is 5.97 Å². The van der Waals surface area contributed by atoms with Gasteiger partial charge in [-0.2, -0.15) is 5.26 Å². The normalized spacial score (nSPS) is 14.8. The molecular formula is C18H18N2O3. The van der Waals surface area contributed by atoms with Crippen LogP contribution in [-0.4, -0.2) is 31.1 Å². The third-order valence-corrected chi connectivity index (χ3v) is 4.04. The highest BCUT2D eigenvalue weighted by atomic mass is 16.5. The minimum Gasteiger partial charge on any atom is -0.463 e. The third-order valence-electron chi connectivity index (χ3n) is 4.04. The number of hydrogen-bond acceptors (Lipinski definition) is 5. The van der Waals surface area contributed by atoms with E-state index in [9.17, 15) is 10.1 Å². The van der Waals surface area contributed by atoms with Crippen LogP contribution in [0.15, 0.2) is 22.6 Å². The van der Waals surface area contributed by atoms with Crippen molar-refractivity contribution in [1.82, 2.24) is 4.90 Å². The first-order chi connectivity index (χ1) is 11.1. The summed E-state index contributed by atoms with van der Waals surface area (Å²) in [5.74, 6) is 0.262. The van der Waals surface area contributed by atoms with Gasteiger partial charge in [0.15, 0.2) is 0 Å². The Morgan fingerprint density at radius 3 is 3.04 bits per heavy atom. The van der Waals surface area contributed by atoms with Gasteiger partial charge in [0.05, 0.1) is 18.2 Å². The summed E-state index contributed by atoms with van der Waals surface area (Å²) in [5, 5.41) is 10.4. The number of nitriles is 1. The van der Waals surface area contributed by atoms with Crippen LogP contribution >= 0.6 is 0 Å². The van der Waals surface area contributed by atoms with E-state index in [1.165, 1.54) is 6.08 Å². The quantitative estimate of drug-likeness (QED) is 0.644. The number of furan rings is 1. The average Bonchev–Trinajstić information content (AvgIpc) is 2.78. The van der Waals surface area contributed by atoms with Crippen LogP contribution in [0.2, 0.25) is 0 Å². The summed E-state index contributed by atoms with van der Waals surface area (Å²) in [6.45, 7) is 3.71. The molecule has 5 nitrogen and oxygen atoms in total. The molecule has 1 aromatic heterocycles. The van der Waals surface area contributed by atoms with Crippen LogP contribution in [-0.2, 0) is 22.5 Å². The Bertz CT molecular complexity index is 827. The van der Waals surface area contributed by atoms with Gasteiger partial charge in [0.25, 0.3) is 0 Å². The largest absolute Gasteiger partial charge is 0.463 e. The van der Waals surface area contributed by atoms with E-state index >= 15 is 0 Å². The standard InChI is InChI=1S/C18H18N2O3/c1-3-22-17(21)7-6-15-14-11-20(2)9-8-13-12(10-19)4-5-16(23-15)18(13)14/h4-7H,3,8-9,11H2,1-2H3/b7-6+. The Hall–Kier alpha value is -2.58. The molecule has 3 rings (SSSR count). The molecular weight excluding hydrogens is 292 g/mol. The highest BCUT2D eigenvalue weighted by molar-refractivity contribution is 5.92. The number of hydrogen-bond donors (Lipinski definition) is 0. The maximum absolute atomic E-state index is 11.5. The number of rotatable bonds is 3. The Morgan fingerprint density at radius 1 is 1.48 bits per heavy atom. The fourth-order valence-corrected chi connectivity index (χ4v) is 2.99. The van der Waals surface area contributed by atoms with Crippen molar-refractivity contribution in [3.8, 4) is 6.07 Å². The second-order valence-electron chi connectivity index (χ2n) is 5.59. The third kappa shape index (κ3) is 2.86. The zero-order chi connectivity index (χ0) is 16.4. The first kappa shape index (κ1) is 15.3. The van der Waals surface area contributed by atoms with E-state index in [4.69, 9.17) is 9.15 Å². The van der Waals surface area contributed by atoms with E-state index < -0.39 is 0 Å². The lowest BCUT2D eigenvalue weighted by molar-refractivity contribution is -0.137. The van der Waals surface area contributed by atoms with Crippen LogP contribution < -0.4 is 0 Å². The fraction of sp³-hybridized carbons (Fsp3) is 0.333. The molecule has 1 aliphatic rings. The molecule has 0 amide bonds. The Kier molecular flexibility index (Phi) is 4.18. The van der Waals surface area contributed by atoms with E-state index in [-0.39, 0.29) is 5.97 Å². The Balaban J connectivity index is 2.13. The molecule has 0 N–H and O–H groups in total. The lowest BCUT2D eigenvalue weighted by Gasteiger charge is -2.12. The molecule has 2 heterocycles. The maximum atomic E-state index is 11.5. The zero-order valence-electron chi connectivity index (χ0n) is 13.3. The SMILES string of the molecule is CCOC(=O)/C=C/c1oc2ccc(C#N)c3c2c1CN(C)CC3. The van der Waals surface area contributed by atoms with Crippen molar-refractivity contribution in [2.45, 2.75) is 19.9 Å². The van der Waals surface area contributed by atoms with Crippen molar-refractivity contribution < 1.29 is 13.9 Å². The van der Waals surface area contributed by atoms with E-state index in [0.29, 0.717) is 17.9 Å². The number of esters is 1. The van der Waals surface area contributed by atoms with E-state index in [0.717, 1.165) is 41.6 Å². The summed E-state index contributed by atoms with van der Waals surface area (Å²) in [6.07, 6.45) is 3.85. The van der Waals surface area contributed by atoms with Crippen molar-refractivity contribution in [2.24, 2.45) is 0 Å². The number of likely N-dealkylation sites (N-methyl/N-ethyl adjacent to an activating group) is 1. The van der Waals surface area contributed by atoms with Gasteiger partial charge in [-0.1, -0.05) is 0 Å². The Morgan fingerprint density at radius 2 is 2.30 bits per heavy atom. The fourth-order valence-electron chi connectivity index (χ4n) is 2.99. The lowest BCUT2D eigenvalue weighted by atomic mass is 9.98. The molecule has 5 heteroatoms. The average molecular weight is 310 g/mol. The molecule has 0 spiro atoms. The van der Waals surface area contributed by atoms with Gasteiger partial charge in [0, 0.05) is 30.1 Å². The highest BCUT2D eigenvalue weighted by Gasteiger charge is 2.22. The van der Waals surface area contributed by atoms with Crippen LogP contribution in [0.1, 0.15) is 29.4 Å². The highest BCUT2D eigenvalue weighted by Crippen LogP contribution is 2.34. The number of ether oxygens (including phenoxy) is 1. The molecule has 23 heavy (non-hydrogen) atoms. The second kappa shape index (κ2) is 6.27. The second-order valence-corrected chi connectivity index (χ2v) is 5.59. The number of carbonyl (C=O) groups excluding carboxylic acids is 1. The van der Waals surface area contributed by atoms with Gasteiger partial charge in [0.1, 0.15) is 11.3 Å². The van der Waals surface area contributed by atoms with Gasteiger partial charge in [-0.15, -0.1) is 0 Å². The first-order valence-corrected chi connectivity index (χ1v) is 7.64. The Labute approximate surface area is 134 Å². The predicted octanol–water partition coefficient (Wildman–Crippen LogP) is 2.87. The molecule has 0 unspecified atom stereocenters. The van der Waals surface area contributed by atoms with Crippen LogP contribution in [0.3, 0.4) is 0 Å². The molecule has 1 aliphatic heterocycles. The molecule has 0 saturated carbocycles. The molecule has 0 aliphatic carbocycles. The minimum atomic E-state index is -0.389. The molecule has 0 bridgehead atoms. The number of carbonyl (C=O) groups is 1. The summed E-state index contributed by atoms with van der Waals surface area (Å²) < 4.78 is 10.8. The van der Waals surface area contributed by atoms with Crippen LogP contribution in [0.25, 0.3) is 17.0 Å². The number of nitrogens with zero attached hydrogens (tertiary/aromatic N) is 2. The summed E-state index contributed by atoms with van der Waals surface area (Å²) in [7, 11) is 2.04. The minimum absolute atomic E-state index is 0.342. The molecule has 0 atom stereocenters. The van der Waals surface area contributed by atoms with Gasteiger partial charge < -0.3 is 14.1 Å². The maximum Gasteiger partial charge on any atom is 0.330 e. The molecule has 0 saturated heterocycles. The number of benzene rings is 1. The van der Waals surface area contributed by atoms with Crippen molar-refractivity contribution in [3.05, 3.63) is 40.7 Å². The molecule has 1 aromatic carbocycles. The lowest BCUT2D eigenvalue weighted by Crippen LogP contribution is -2.18. The molecule has 0 fully saturated rings. The molecule has 2 aromatic rings. The van der Waals surface area contributed by atoms with Crippen LogP contribution in [0, 0.1) is 11.3 Å². The first-order valence-electron chi connectivity index (χ1n) is 7.64. The van der Waals surface area contributed by atoms with Crippen molar-refractivity contribution in [2.75, 3.05) is 20.2 Å². The van der Waals surface area contributed by atoms with Crippen molar-refractivity contribution in [1.29, 1.82) is 5.26 Å². The summed E-state index contributed by atoms with van der Waals surface area (Å²) >= 11 is 0. The topological polar surface area (TPSA) is 66.5 Å². The van der Waals surface area contributed by atoms with Gasteiger partial charge in [-0.3, -0.25) is 0 Å². The molecule has 118 valence electrons. The van der Waals surface area contributed by atoms with Crippen molar-refractivity contribution in [3.63, 3.8) is 0 Å². The summed E-state index contributed by atoms with van der Waals surface area (Å²) in [4.78, 5) is 13.7. The summed E-state index contributed by atoms with van der Waals surface area (Å²) in [6, 6.07) is 5.89. The van der Waals surface area contributed by atoms with Crippen LogP contribution in [0.5, 0.6) is 0 Å². The van der Waals surface area contributed by atoms with Crippen LogP contribution in [0.4, 0.5) is 0 Å². The molecule has 0 radical (unpaired) electrons. The van der Waals surface area contributed by atoms with Gasteiger partial charge in [0.2, 0.25) is 0 Å². The van der Waals surface area contributed by atoms with Crippen molar-refractivity contribution >= 4 is 23.0 Å². The smallest absolute Gasteiger partial charge is 0.330 e. The zero-order valence-corrected chi connectivity index (χ0v) is 13.3.